The third kappa shape index (κ3) is 4.61. The molecule has 128 valence electrons. The molecule has 0 spiro atoms. The molecule has 0 heterocycles. The number of hydrogen-bond acceptors (Lipinski definition) is 3. The Kier molecular flexibility index (Phi) is 5.62. The van der Waals surface area contributed by atoms with E-state index in [1.54, 1.807) is 6.07 Å². The number of para-hydroxylation sites is 2. The number of benzene rings is 2. The molecule has 8 heteroatoms. The van der Waals surface area contributed by atoms with Crippen LogP contribution in [0.5, 0.6) is 5.75 Å². The Bertz CT molecular complexity index is 725. The fraction of sp³-hybridized carbons (Fsp3) is 0.188. The summed E-state index contributed by atoms with van der Waals surface area (Å²) in [5, 5.41) is 5.12. The summed E-state index contributed by atoms with van der Waals surface area (Å²) in [6.45, 7) is -1.55. The van der Waals surface area contributed by atoms with E-state index in [0.29, 0.717) is 0 Å². The van der Waals surface area contributed by atoms with Crippen LogP contribution in [0, 0.1) is 11.6 Å². The van der Waals surface area contributed by atoms with Crippen LogP contribution in [0.3, 0.4) is 0 Å². The van der Waals surface area contributed by atoms with Crippen molar-refractivity contribution >= 4 is 17.3 Å². The highest BCUT2D eigenvalue weighted by Gasteiger charge is 2.17. The van der Waals surface area contributed by atoms with Gasteiger partial charge >= 0.3 is 6.61 Å². The van der Waals surface area contributed by atoms with E-state index in [4.69, 9.17) is 0 Å². The number of halogens is 4. The largest absolute Gasteiger partial charge is 0.433 e. The minimum Gasteiger partial charge on any atom is -0.433 e. The number of carbonyl (C=O) groups is 1. The van der Waals surface area contributed by atoms with Gasteiger partial charge in [-0.05, 0) is 31.2 Å². The van der Waals surface area contributed by atoms with Crippen molar-refractivity contribution < 1.29 is 27.1 Å². The monoisotopic (exact) mass is 342 g/mol. The number of alkyl halides is 2. The molecule has 0 aliphatic heterocycles. The van der Waals surface area contributed by atoms with Crippen molar-refractivity contribution in [3.8, 4) is 5.75 Å². The third-order valence-electron chi connectivity index (χ3n) is 3.06. The number of nitrogens with one attached hydrogen (secondary N) is 2. The van der Waals surface area contributed by atoms with Gasteiger partial charge in [0.05, 0.1) is 5.69 Å². The van der Waals surface area contributed by atoms with Crippen LogP contribution in [0.25, 0.3) is 0 Å². The van der Waals surface area contributed by atoms with Gasteiger partial charge in [0, 0.05) is 11.8 Å². The summed E-state index contributed by atoms with van der Waals surface area (Å²) in [6.07, 6.45) is 0. The lowest BCUT2D eigenvalue weighted by Gasteiger charge is -2.17. The average molecular weight is 342 g/mol. The summed E-state index contributed by atoms with van der Waals surface area (Å²) >= 11 is 0. The molecule has 2 aromatic rings. The Balaban J connectivity index is 2.05. The molecule has 0 aliphatic rings. The van der Waals surface area contributed by atoms with E-state index in [9.17, 15) is 22.4 Å². The Labute approximate surface area is 135 Å². The Morgan fingerprint density at radius 2 is 1.79 bits per heavy atom. The van der Waals surface area contributed by atoms with Crippen LogP contribution in [0.15, 0.2) is 42.5 Å². The van der Waals surface area contributed by atoms with Crippen LogP contribution >= 0.6 is 0 Å². The minimum absolute atomic E-state index is 0.0711. The molecule has 0 radical (unpaired) electrons. The Morgan fingerprint density at radius 1 is 1.08 bits per heavy atom. The summed E-state index contributed by atoms with van der Waals surface area (Å²) in [6, 6.07) is 7.98. The van der Waals surface area contributed by atoms with Gasteiger partial charge in [-0.25, -0.2) is 8.78 Å². The fourth-order valence-corrected chi connectivity index (χ4v) is 1.91. The molecule has 1 atom stereocenters. The zero-order valence-corrected chi connectivity index (χ0v) is 12.5. The summed E-state index contributed by atoms with van der Waals surface area (Å²) in [4.78, 5) is 12.1. The maximum absolute atomic E-state index is 13.1. The number of hydrogen-bond donors (Lipinski definition) is 2. The molecule has 0 saturated heterocycles. The first-order valence-corrected chi connectivity index (χ1v) is 6.93. The number of anilines is 2. The predicted octanol–water partition coefficient (Wildman–Crippen LogP) is 4.01. The maximum atomic E-state index is 13.1. The van der Waals surface area contributed by atoms with Gasteiger partial charge in [0.2, 0.25) is 5.91 Å². The molecule has 0 saturated carbocycles. The van der Waals surface area contributed by atoms with Gasteiger partial charge < -0.3 is 15.4 Å². The highest BCUT2D eigenvalue weighted by molar-refractivity contribution is 5.97. The quantitative estimate of drug-likeness (QED) is 0.780. The first kappa shape index (κ1) is 17.6. The molecule has 1 unspecified atom stereocenters. The third-order valence-corrected chi connectivity index (χ3v) is 3.06. The van der Waals surface area contributed by atoms with Gasteiger partial charge in [-0.15, -0.1) is 0 Å². The molecule has 4 nitrogen and oxygen atoms in total. The van der Waals surface area contributed by atoms with E-state index in [0.717, 1.165) is 12.1 Å². The van der Waals surface area contributed by atoms with E-state index in [1.165, 1.54) is 31.2 Å². The lowest BCUT2D eigenvalue weighted by Crippen LogP contribution is -2.32. The highest BCUT2D eigenvalue weighted by atomic mass is 19.3. The molecule has 0 bridgehead atoms. The van der Waals surface area contributed by atoms with Crippen LogP contribution < -0.4 is 15.4 Å². The van der Waals surface area contributed by atoms with Gasteiger partial charge in [-0.1, -0.05) is 12.1 Å². The van der Waals surface area contributed by atoms with E-state index in [1.807, 2.05) is 0 Å². The molecular formula is C16H14F4N2O2. The zero-order valence-electron chi connectivity index (χ0n) is 12.5. The van der Waals surface area contributed by atoms with Crippen molar-refractivity contribution in [2.24, 2.45) is 0 Å². The lowest BCUT2D eigenvalue weighted by molar-refractivity contribution is -0.116. The zero-order chi connectivity index (χ0) is 17.7. The summed E-state index contributed by atoms with van der Waals surface area (Å²) in [7, 11) is 0. The van der Waals surface area contributed by atoms with Crippen molar-refractivity contribution in [1.29, 1.82) is 0 Å². The summed E-state index contributed by atoms with van der Waals surface area (Å²) in [5.41, 5.74) is 0.274. The van der Waals surface area contributed by atoms with Crippen molar-refractivity contribution in [2.45, 2.75) is 19.6 Å². The number of ether oxygens (including phenoxy) is 1. The van der Waals surface area contributed by atoms with Gasteiger partial charge in [0.15, 0.2) is 11.6 Å². The predicted molar refractivity (Wildman–Crippen MR) is 81.1 cm³/mol. The summed E-state index contributed by atoms with van der Waals surface area (Å²) < 4.78 is 55.0. The normalized spacial score (nSPS) is 11.9. The number of rotatable bonds is 6. The molecule has 2 rings (SSSR count). The Hall–Kier alpha value is -2.77. The molecule has 1 amide bonds. The summed E-state index contributed by atoms with van der Waals surface area (Å²) in [5.74, 6) is -2.80. The minimum atomic E-state index is -3.03. The van der Waals surface area contributed by atoms with E-state index in [2.05, 4.69) is 15.4 Å². The van der Waals surface area contributed by atoms with Crippen LogP contribution in [0.1, 0.15) is 6.92 Å². The van der Waals surface area contributed by atoms with Gasteiger partial charge in [-0.3, -0.25) is 4.79 Å². The standard InChI is InChI=1S/C16H14F4N2O2/c1-9(21-10-6-7-11(17)12(18)8-10)15(23)22-13-4-2-3-5-14(13)24-16(19)20/h2-9,16,21H,1H3,(H,22,23). The smallest absolute Gasteiger partial charge is 0.387 e. The van der Waals surface area contributed by atoms with Crippen molar-refractivity contribution in [2.75, 3.05) is 10.6 Å². The van der Waals surface area contributed by atoms with Crippen LogP contribution in [-0.2, 0) is 4.79 Å². The number of amides is 1. The molecule has 2 aromatic carbocycles. The SMILES string of the molecule is CC(Nc1ccc(F)c(F)c1)C(=O)Nc1ccccc1OC(F)F. The van der Waals surface area contributed by atoms with Gasteiger partial charge in [0.1, 0.15) is 11.8 Å². The molecular weight excluding hydrogens is 328 g/mol. The van der Waals surface area contributed by atoms with Crippen molar-refractivity contribution in [1.82, 2.24) is 0 Å². The first-order chi connectivity index (χ1) is 11.4. The lowest BCUT2D eigenvalue weighted by atomic mass is 10.2. The van der Waals surface area contributed by atoms with E-state index >= 15 is 0 Å². The van der Waals surface area contributed by atoms with Crippen LogP contribution in [0.4, 0.5) is 28.9 Å². The Morgan fingerprint density at radius 3 is 2.46 bits per heavy atom. The maximum Gasteiger partial charge on any atom is 0.387 e. The van der Waals surface area contributed by atoms with Crippen molar-refractivity contribution in [3.05, 3.63) is 54.1 Å². The molecule has 0 aliphatic carbocycles. The topological polar surface area (TPSA) is 50.4 Å². The van der Waals surface area contributed by atoms with Crippen LogP contribution in [0.2, 0.25) is 0 Å². The second-order valence-electron chi connectivity index (χ2n) is 4.86. The number of carbonyl (C=O) groups excluding carboxylic acids is 1. The van der Waals surface area contributed by atoms with Gasteiger partial charge in [-0.2, -0.15) is 8.78 Å². The molecule has 0 aromatic heterocycles. The second kappa shape index (κ2) is 7.67. The second-order valence-corrected chi connectivity index (χ2v) is 4.86. The molecule has 2 N–H and O–H groups in total. The van der Waals surface area contributed by atoms with E-state index in [-0.39, 0.29) is 17.1 Å². The highest BCUT2D eigenvalue weighted by Crippen LogP contribution is 2.25. The molecule has 24 heavy (non-hydrogen) atoms. The fourth-order valence-electron chi connectivity index (χ4n) is 1.91. The van der Waals surface area contributed by atoms with Crippen LogP contribution in [-0.4, -0.2) is 18.6 Å². The first-order valence-electron chi connectivity index (χ1n) is 6.93. The average Bonchev–Trinajstić information content (AvgIpc) is 2.52. The van der Waals surface area contributed by atoms with Gasteiger partial charge in [0.25, 0.3) is 0 Å². The van der Waals surface area contributed by atoms with Crippen molar-refractivity contribution in [3.63, 3.8) is 0 Å². The van der Waals surface area contributed by atoms with E-state index < -0.39 is 30.2 Å². The molecule has 0 fully saturated rings.